The maximum absolute atomic E-state index is 13.7. The number of carbonyl (C=O) groups is 3. The van der Waals surface area contributed by atoms with Gasteiger partial charge in [-0.15, -0.1) is 0 Å². The summed E-state index contributed by atoms with van der Waals surface area (Å²) >= 11 is 6.07. The number of anilines is 1. The van der Waals surface area contributed by atoms with Crippen molar-refractivity contribution in [2.75, 3.05) is 11.9 Å². The Labute approximate surface area is 205 Å². The molecular weight excluding hydrogens is 454 g/mol. The summed E-state index contributed by atoms with van der Waals surface area (Å²) in [6.07, 6.45) is 10.2. The second-order valence-electron chi connectivity index (χ2n) is 9.93. The second-order valence-corrected chi connectivity index (χ2v) is 10.4. The molecule has 182 valence electrons. The molecule has 3 aliphatic heterocycles. The molecule has 2 N–H and O–H groups in total. The van der Waals surface area contributed by atoms with Crippen LogP contribution in [0.4, 0.5) is 5.69 Å². The molecule has 1 aromatic carbocycles. The number of carbonyl (C=O) groups excluding carboxylic acids is 3. The first-order chi connectivity index (χ1) is 16.4. The minimum atomic E-state index is -1.11. The van der Waals surface area contributed by atoms with Gasteiger partial charge in [-0.25, -0.2) is 0 Å². The molecular formula is C26H32ClN3O4. The molecule has 1 aromatic rings. The minimum absolute atomic E-state index is 0.129. The third kappa shape index (κ3) is 3.93. The molecule has 3 unspecified atom stereocenters. The summed E-state index contributed by atoms with van der Waals surface area (Å²) in [5.41, 5.74) is -0.539. The second kappa shape index (κ2) is 9.34. The van der Waals surface area contributed by atoms with Crippen LogP contribution in [-0.2, 0) is 19.1 Å². The number of amides is 3. The average molecular weight is 486 g/mol. The van der Waals surface area contributed by atoms with Crippen molar-refractivity contribution in [3.63, 3.8) is 0 Å². The monoisotopic (exact) mass is 485 g/mol. The lowest BCUT2D eigenvalue weighted by atomic mass is 9.74. The number of hydrogen-bond donors (Lipinski definition) is 2. The van der Waals surface area contributed by atoms with Gasteiger partial charge in [-0.1, -0.05) is 62.4 Å². The van der Waals surface area contributed by atoms with E-state index < -0.39 is 29.6 Å². The van der Waals surface area contributed by atoms with Gasteiger partial charge in [0.15, 0.2) is 0 Å². The third-order valence-electron chi connectivity index (χ3n) is 7.72. The van der Waals surface area contributed by atoms with Gasteiger partial charge in [-0.3, -0.25) is 14.4 Å². The molecule has 4 aliphatic rings. The van der Waals surface area contributed by atoms with Crippen molar-refractivity contribution in [2.24, 2.45) is 11.8 Å². The third-order valence-corrected chi connectivity index (χ3v) is 7.96. The van der Waals surface area contributed by atoms with Gasteiger partial charge in [-0.05, 0) is 37.5 Å². The van der Waals surface area contributed by atoms with Crippen molar-refractivity contribution >= 4 is 35.0 Å². The van der Waals surface area contributed by atoms with Gasteiger partial charge in [0, 0.05) is 23.3 Å². The Morgan fingerprint density at radius 3 is 2.74 bits per heavy atom. The van der Waals surface area contributed by atoms with E-state index in [0.29, 0.717) is 17.3 Å². The lowest BCUT2D eigenvalue weighted by molar-refractivity contribution is -0.141. The van der Waals surface area contributed by atoms with Crippen LogP contribution in [0.3, 0.4) is 0 Å². The summed E-state index contributed by atoms with van der Waals surface area (Å²) in [5.74, 6) is -2.05. The molecule has 3 amide bonds. The van der Waals surface area contributed by atoms with Crippen molar-refractivity contribution in [1.82, 2.24) is 10.2 Å². The summed E-state index contributed by atoms with van der Waals surface area (Å²) in [6.45, 7) is 2.53. The topological polar surface area (TPSA) is 87.7 Å². The Hall–Kier alpha value is -2.38. The number of nitrogens with zero attached hydrogens (tertiary/aromatic N) is 1. The van der Waals surface area contributed by atoms with Gasteiger partial charge in [0.25, 0.3) is 0 Å². The Kier molecular flexibility index (Phi) is 6.42. The fraction of sp³-hybridized carbons (Fsp3) is 0.577. The van der Waals surface area contributed by atoms with Crippen LogP contribution in [0.5, 0.6) is 0 Å². The highest BCUT2D eigenvalue weighted by molar-refractivity contribution is 6.30. The lowest BCUT2D eigenvalue weighted by Crippen LogP contribution is -2.56. The van der Waals surface area contributed by atoms with Crippen molar-refractivity contribution < 1.29 is 19.1 Å². The van der Waals surface area contributed by atoms with Crippen molar-refractivity contribution in [2.45, 2.75) is 75.7 Å². The normalized spacial score (nSPS) is 32.2. The predicted octanol–water partition coefficient (Wildman–Crippen LogP) is 3.68. The molecule has 2 saturated heterocycles. The smallest absolute Gasteiger partial charge is 0.246 e. The highest BCUT2D eigenvalue weighted by atomic mass is 35.5. The Morgan fingerprint density at radius 2 is 2.00 bits per heavy atom. The summed E-state index contributed by atoms with van der Waals surface area (Å²) in [4.78, 5) is 42.4. The maximum atomic E-state index is 13.7. The summed E-state index contributed by atoms with van der Waals surface area (Å²) in [6, 6.07) is 6.29. The molecule has 3 fully saturated rings. The van der Waals surface area contributed by atoms with E-state index in [4.69, 9.17) is 16.3 Å². The molecule has 7 nitrogen and oxygen atoms in total. The molecule has 34 heavy (non-hydrogen) atoms. The molecule has 1 saturated carbocycles. The number of hydrogen-bond acceptors (Lipinski definition) is 4. The fourth-order valence-corrected chi connectivity index (χ4v) is 6.35. The van der Waals surface area contributed by atoms with Crippen LogP contribution in [0.25, 0.3) is 0 Å². The Bertz CT molecular complexity index is 1010. The number of fused-ring (bicyclic) bond motifs is 1. The van der Waals surface area contributed by atoms with Crippen LogP contribution in [-0.4, -0.2) is 53.0 Å². The summed E-state index contributed by atoms with van der Waals surface area (Å²) < 4.78 is 6.36. The highest BCUT2D eigenvalue weighted by Crippen LogP contribution is 2.55. The van der Waals surface area contributed by atoms with E-state index in [1.54, 1.807) is 29.2 Å². The number of ether oxygens (including phenoxy) is 1. The van der Waals surface area contributed by atoms with Crippen molar-refractivity contribution in [1.29, 1.82) is 0 Å². The van der Waals surface area contributed by atoms with Crippen LogP contribution in [0, 0.1) is 11.8 Å². The van der Waals surface area contributed by atoms with E-state index in [9.17, 15) is 14.4 Å². The molecule has 3 heterocycles. The van der Waals surface area contributed by atoms with Crippen molar-refractivity contribution in [3.8, 4) is 0 Å². The fourth-order valence-electron chi connectivity index (χ4n) is 6.16. The first-order valence-corrected chi connectivity index (χ1v) is 12.9. The molecule has 5 rings (SSSR count). The number of benzene rings is 1. The van der Waals surface area contributed by atoms with Crippen LogP contribution in [0.1, 0.15) is 51.9 Å². The Morgan fingerprint density at radius 1 is 1.21 bits per heavy atom. The molecule has 5 atom stereocenters. The lowest BCUT2D eigenvalue weighted by Gasteiger charge is -2.34. The SMILES string of the molecule is CCCCN1C(=O)[C@H]2C(C(=O)Nc3cccc(Cl)c3)[C@H]3C=CC2(O3)C1C(=O)NC1CCCCC1. The number of unbranched alkanes of at least 4 members (excludes halogenated alkanes) is 1. The number of halogens is 1. The van der Waals surface area contributed by atoms with E-state index >= 15 is 0 Å². The van der Waals surface area contributed by atoms with E-state index in [-0.39, 0.29) is 23.8 Å². The highest BCUT2D eigenvalue weighted by Gasteiger charge is 2.72. The quantitative estimate of drug-likeness (QED) is 0.577. The van der Waals surface area contributed by atoms with Crippen LogP contribution in [0.15, 0.2) is 36.4 Å². The first-order valence-electron chi connectivity index (χ1n) is 12.5. The largest absolute Gasteiger partial charge is 0.359 e. The van der Waals surface area contributed by atoms with Crippen LogP contribution in [0.2, 0.25) is 5.02 Å². The summed E-state index contributed by atoms with van der Waals surface area (Å²) in [7, 11) is 0. The van der Waals surface area contributed by atoms with Gasteiger partial charge < -0.3 is 20.3 Å². The van der Waals surface area contributed by atoms with Crippen LogP contribution >= 0.6 is 11.6 Å². The zero-order chi connectivity index (χ0) is 23.9. The van der Waals surface area contributed by atoms with Gasteiger partial charge in [0.1, 0.15) is 11.6 Å². The predicted molar refractivity (Wildman–Crippen MR) is 129 cm³/mol. The van der Waals surface area contributed by atoms with E-state index in [0.717, 1.165) is 38.5 Å². The van der Waals surface area contributed by atoms with Gasteiger partial charge >= 0.3 is 0 Å². The summed E-state index contributed by atoms with van der Waals surface area (Å²) in [5, 5.41) is 6.62. The first kappa shape index (κ1) is 23.4. The minimum Gasteiger partial charge on any atom is -0.359 e. The van der Waals surface area contributed by atoms with Crippen molar-refractivity contribution in [3.05, 3.63) is 41.4 Å². The molecule has 0 radical (unpaired) electrons. The average Bonchev–Trinajstić information content (AvgIpc) is 3.45. The van der Waals surface area contributed by atoms with Crippen LogP contribution < -0.4 is 10.6 Å². The zero-order valence-corrected chi connectivity index (χ0v) is 20.2. The van der Waals surface area contributed by atoms with Gasteiger partial charge in [0.2, 0.25) is 17.7 Å². The zero-order valence-electron chi connectivity index (χ0n) is 19.5. The van der Waals surface area contributed by atoms with E-state index in [1.165, 1.54) is 6.42 Å². The molecule has 2 bridgehead atoms. The number of likely N-dealkylation sites (tertiary alicyclic amines) is 1. The standard InChI is InChI=1S/C26H32ClN3O4/c1-2-3-14-30-22(24(32)28-17-9-5-4-6-10-17)26-13-12-19(34-26)20(21(26)25(30)33)23(31)29-18-11-7-8-16(27)15-18/h7-8,11-13,15,17,19-22H,2-6,9-10,14H2,1H3,(H,28,32)(H,29,31)/t19-,20?,21-,22?,26?/m1/s1. The van der Waals surface area contributed by atoms with E-state index in [1.807, 2.05) is 12.2 Å². The van der Waals surface area contributed by atoms with Gasteiger partial charge in [-0.2, -0.15) is 0 Å². The maximum Gasteiger partial charge on any atom is 0.246 e. The molecule has 0 aromatic heterocycles. The molecule has 8 heteroatoms. The number of nitrogens with one attached hydrogen (secondary N) is 2. The Balaban J connectivity index is 1.42. The number of rotatable bonds is 7. The van der Waals surface area contributed by atoms with Gasteiger partial charge in [0.05, 0.1) is 17.9 Å². The molecule has 1 spiro atoms. The molecule has 1 aliphatic carbocycles. The van der Waals surface area contributed by atoms with E-state index in [2.05, 4.69) is 17.6 Å².